The van der Waals surface area contributed by atoms with E-state index in [9.17, 15) is 4.39 Å². The SMILES string of the molecule is FC1(OC2CCCCC2)C=CCC=C1. The molecule has 0 unspecified atom stereocenters. The van der Waals surface area contributed by atoms with Crippen molar-refractivity contribution in [2.45, 2.75) is 50.5 Å². The second-order valence-electron chi connectivity index (χ2n) is 4.12. The zero-order valence-corrected chi connectivity index (χ0v) is 8.42. The summed E-state index contributed by atoms with van der Waals surface area (Å²) in [6, 6.07) is 0. The van der Waals surface area contributed by atoms with Crippen molar-refractivity contribution < 1.29 is 9.13 Å². The molecule has 0 heterocycles. The van der Waals surface area contributed by atoms with E-state index < -0.39 is 5.85 Å². The predicted octanol–water partition coefficient (Wildman–Crippen LogP) is 3.52. The minimum Gasteiger partial charge on any atom is -0.336 e. The fourth-order valence-electron chi connectivity index (χ4n) is 2.11. The molecule has 2 aliphatic carbocycles. The van der Waals surface area contributed by atoms with Crippen molar-refractivity contribution in [3.8, 4) is 0 Å². The Morgan fingerprint density at radius 1 is 1.07 bits per heavy atom. The minimum atomic E-state index is -1.62. The predicted molar refractivity (Wildman–Crippen MR) is 54.7 cm³/mol. The number of halogens is 1. The van der Waals surface area contributed by atoms with E-state index in [0.29, 0.717) is 0 Å². The molecule has 0 saturated heterocycles. The highest BCUT2D eigenvalue weighted by Gasteiger charge is 2.29. The molecule has 0 bridgehead atoms. The Morgan fingerprint density at radius 2 is 1.71 bits per heavy atom. The van der Waals surface area contributed by atoms with Crippen molar-refractivity contribution in [2.75, 3.05) is 0 Å². The van der Waals surface area contributed by atoms with Gasteiger partial charge in [0.25, 0.3) is 0 Å². The molecular formula is C12H17FO. The van der Waals surface area contributed by atoms with Gasteiger partial charge in [-0.05, 0) is 31.4 Å². The highest BCUT2D eigenvalue weighted by molar-refractivity contribution is 5.15. The number of hydrogen-bond donors (Lipinski definition) is 0. The Bertz CT molecular complexity index is 227. The summed E-state index contributed by atoms with van der Waals surface area (Å²) in [7, 11) is 0. The van der Waals surface area contributed by atoms with Gasteiger partial charge in [0.2, 0.25) is 5.85 Å². The summed E-state index contributed by atoms with van der Waals surface area (Å²) in [6.07, 6.45) is 13.3. The van der Waals surface area contributed by atoms with Crippen LogP contribution in [0.5, 0.6) is 0 Å². The lowest BCUT2D eigenvalue weighted by molar-refractivity contribution is -0.123. The highest BCUT2D eigenvalue weighted by atomic mass is 19.2. The molecule has 0 radical (unpaired) electrons. The van der Waals surface area contributed by atoms with Gasteiger partial charge in [-0.25, -0.2) is 4.39 Å². The van der Waals surface area contributed by atoms with Gasteiger partial charge in [-0.1, -0.05) is 31.4 Å². The summed E-state index contributed by atoms with van der Waals surface area (Å²) < 4.78 is 19.4. The molecule has 2 rings (SSSR count). The summed E-state index contributed by atoms with van der Waals surface area (Å²) in [5, 5.41) is 0. The molecule has 0 aromatic carbocycles. The molecule has 1 fully saturated rings. The number of allylic oxidation sites excluding steroid dienone is 2. The average Bonchev–Trinajstić information content (AvgIpc) is 2.19. The number of alkyl halides is 1. The van der Waals surface area contributed by atoms with Crippen molar-refractivity contribution in [3.05, 3.63) is 24.3 Å². The van der Waals surface area contributed by atoms with Crippen LogP contribution in [0.15, 0.2) is 24.3 Å². The molecule has 0 N–H and O–H groups in total. The zero-order valence-electron chi connectivity index (χ0n) is 8.42. The van der Waals surface area contributed by atoms with Gasteiger partial charge in [0.1, 0.15) is 0 Å². The molecular weight excluding hydrogens is 179 g/mol. The van der Waals surface area contributed by atoms with Crippen molar-refractivity contribution in [1.29, 1.82) is 0 Å². The van der Waals surface area contributed by atoms with Crippen LogP contribution in [0.4, 0.5) is 4.39 Å². The van der Waals surface area contributed by atoms with E-state index in [0.717, 1.165) is 19.3 Å². The maximum Gasteiger partial charge on any atom is 0.248 e. The fourth-order valence-corrected chi connectivity index (χ4v) is 2.11. The molecule has 1 saturated carbocycles. The molecule has 0 amide bonds. The fraction of sp³-hybridized carbons (Fsp3) is 0.667. The molecule has 1 nitrogen and oxygen atoms in total. The quantitative estimate of drug-likeness (QED) is 0.614. The average molecular weight is 196 g/mol. The van der Waals surface area contributed by atoms with Crippen LogP contribution in [-0.4, -0.2) is 12.0 Å². The number of rotatable bonds is 2. The summed E-state index contributed by atoms with van der Waals surface area (Å²) in [4.78, 5) is 0. The lowest BCUT2D eigenvalue weighted by atomic mass is 9.97. The Labute approximate surface area is 84.6 Å². The zero-order chi connectivity index (χ0) is 9.86. The molecule has 14 heavy (non-hydrogen) atoms. The van der Waals surface area contributed by atoms with Crippen LogP contribution in [0.2, 0.25) is 0 Å². The first-order chi connectivity index (χ1) is 6.79. The standard InChI is InChI=1S/C12H17FO/c13-12(9-5-2-6-10-12)14-11-7-3-1-4-8-11/h5-6,9-11H,1-4,7-8H2. The van der Waals surface area contributed by atoms with E-state index in [1.54, 1.807) is 0 Å². The monoisotopic (exact) mass is 196 g/mol. The topological polar surface area (TPSA) is 9.23 Å². The van der Waals surface area contributed by atoms with Crippen molar-refractivity contribution >= 4 is 0 Å². The van der Waals surface area contributed by atoms with Gasteiger partial charge in [-0.2, -0.15) is 0 Å². The smallest absolute Gasteiger partial charge is 0.248 e. The minimum absolute atomic E-state index is 0.112. The number of hydrogen-bond acceptors (Lipinski definition) is 1. The lowest BCUT2D eigenvalue weighted by Gasteiger charge is -2.29. The van der Waals surface area contributed by atoms with Crippen LogP contribution in [0, 0.1) is 0 Å². The van der Waals surface area contributed by atoms with Crippen molar-refractivity contribution in [1.82, 2.24) is 0 Å². The molecule has 78 valence electrons. The molecule has 2 heteroatoms. The van der Waals surface area contributed by atoms with Gasteiger partial charge in [-0.15, -0.1) is 0 Å². The Balaban J connectivity index is 1.91. The third-order valence-electron chi connectivity index (χ3n) is 2.86. The molecule has 0 aromatic heterocycles. The van der Waals surface area contributed by atoms with Crippen LogP contribution in [0.3, 0.4) is 0 Å². The Kier molecular flexibility index (Phi) is 3.02. The lowest BCUT2D eigenvalue weighted by Crippen LogP contribution is -2.30. The van der Waals surface area contributed by atoms with Gasteiger partial charge in [0, 0.05) is 0 Å². The second-order valence-corrected chi connectivity index (χ2v) is 4.12. The summed E-state index contributed by atoms with van der Waals surface area (Å²) >= 11 is 0. The van der Waals surface area contributed by atoms with E-state index in [1.807, 2.05) is 12.2 Å². The maximum absolute atomic E-state index is 14.0. The largest absolute Gasteiger partial charge is 0.336 e. The second kappa shape index (κ2) is 4.26. The molecule has 0 aromatic rings. The van der Waals surface area contributed by atoms with E-state index in [4.69, 9.17) is 4.74 Å². The number of ether oxygens (including phenoxy) is 1. The normalized spacial score (nSPS) is 26.6. The summed E-state index contributed by atoms with van der Waals surface area (Å²) in [5.74, 6) is -1.62. The van der Waals surface area contributed by atoms with Crippen LogP contribution in [0.1, 0.15) is 38.5 Å². The first-order valence-electron chi connectivity index (χ1n) is 5.51. The highest BCUT2D eigenvalue weighted by Crippen LogP contribution is 2.29. The van der Waals surface area contributed by atoms with E-state index in [1.165, 1.54) is 31.4 Å². The molecule has 0 atom stereocenters. The molecule has 0 spiro atoms. The van der Waals surface area contributed by atoms with Gasteiger partial charge < -0.3 is 4.74 Å². The third kappa shape index (κ3) is 2.44. The Hall–Kier alpha value is -0.630. The Morgan fingerprint density at radius 3 is 2.36 bits per heavy atom. The van der Waals surface area contributed by atoms with Gasteiger partial charge >= 0.3 is 0 Å². The summed E-state index contributed by atoms with van der Waals surface area (Å²) in [5.41, 5.74) is 0. The van der Waals surface area contributed by atoms with Gasteiger partial charge in [-0.3, -0.25) is 0 Å². The van der Waals surface area contributed by atoms with Gasteiger partial charge in [0.05, 0.1) is 6.10 Å². The van der Waals surface area contributed by atoms with Gasteiger partial charge in [0.15, 0.2) is 0 Å². The summed E-state index contributed by atoms with van der Waals surface area (Å²) in [6.45, 7) is 0. The van der Waals surface area contributed by atoms with E-state index in [2.05, 4.69) is 0 Å². The van der Waals surface area contributed by atoms with Crippen molar-refractivity contribution in [3.63, 3.8) is 0 Å². The van der Waals surface area contributed by atoms with Crippen LogP contribution in [-0.2, 0) is 4.74 Å². The molecule has 0 aliphatic heterocycles. The van der Waals surface area contributed by atoms with Crippen molar-refractivity contribution in [2.24, 2.45) is 0 Å². The maximum atomic E-state index is 14.0. The van der Waals surface area contributed by atoms with E-state index in [-0.39, 0.29) is 6.10 Å². The van der Waals surface area contributed by atoms with E-state index >= 15 is 0 Å². The first-order valence-corrected chi connectivity index (χ1v) is 5.51. The third-order valence-corrected chi connectivity index (χ3v) is 2.86. The first kappa shape index (κ1) is 9.91. The molecule has 2 aliphatic rings. The van der Waals surface area contributed by atoms with Crippen LogP contribution >= 0.6 is 0 Å². The van der Waals surface area contributed by atoms with Crippen LogP contribution in [0.25, 0.3) is 0 Å². The van der Waals surface area contributed by atoms with Crippen LogP contribution < -0.4 is 0 Å².